The first-order chi connectivity index (χ1) is 15.0. The van der Waals surface area contributed by atoms with Crippen LogP contribution in [0.2, 0.25) is 0 Å². The topological polar surface area (TPSA) is 70.6 Å². The number of hydrogen-bond donors (Lipinski definition) is 1. The van der Waals surface area contributed by atoms with Gasteiger partial charge in [-0.1, -0.05) is 30.3 Å². The molecule has 1 atom stereocenters. The van der Waals surface area contributed by atoms with Crippen LogP contribution in [-0.4, -0.2) is 44.9 Å². The summed E-state index contributed by atoms with van der Waals surface area (Å²) < 4.78 is 40.9. The SMILES string of the molecule is FC(F)(F)C1CCc2nc(N3CCCCC3)c(-c3nn[nH]n3)c(-c3ccccc3)c2C1. The predicted octanol–water partition coefficient (Wildman–Crippen LogP) is 4.59. The van der Waals surface area contributed by atoms with Crippen LogP contribution in [0, 0.1) is 5.92 Å². The third kappa shape index (κ3) is 3.77. The second-order valence-electron chi connectivity index (χ2n) is 8.24. The Bertz CT molecular complexity index is 1040. The zero-order chi connectivity index (χ0) is 21.4. The smallest absolute Gasteiger partial charge is 0.356 e. The van der Waals surface area contributed by atoms with E-state index in [9.17, 15) is 13.2 Å². The van der Waals surface area contributed by atoms with Gasteiger partial charge in [0.05, 0.1) is 11.5 Å². The Kier molecular flexibility index (Phi) is 5.11. The van der Waals surface area contributed by atoms with Gasteiger partial charge in [0.25, 0.3) is 0 Å². The lowest BCUT2D eigenvalue weighted by molar-refractivity contribution is -0.177. The van der Waals surface area contributed by atoms with Gasteiger partial charge in [0.2, 0.25) is 5.82 Å². The van der Waals surface area contributed by atoms with Crippen molar-refractivity contribution in [2.24, 2.45) is 5.92 Å². The number of H-pyrrole nitrogens is 1. The Balaban J connectivity index is 1.77. The summed E-state index contributed by atoms with van der Waals surface area (Å²) in [6.45, 7) is 1.71. The number of alkyl halides is 3. The van der Waals surface area contributed by atoms with Crippen molar-refractivity contribution < 1.29 is 13.2 Å². The van der Waals surface area contributed by atoms with Crippen molar-refractivity contribution in [3.05, 3.63) is 41.6 Å². The van der Waals surface area contributed by atoms with Crippen molar-refractivity contribution in [2.75, 3.05) is 18.0 Å². The first-order valence-electron chi connectivity index (χ1n) is 10.7. The van der Waals surface area contributed by atoms with Crippen LogP contribution in [0.15, 0.2) is 30.3 Å². The highest BCUT2D eigenvalue weighted by atomic mass is 19.4. The van der Waals surface area contributed by atoms with Gasteiger partial charge in [0, 0.05) is 24.3 Å². The molecule has 3 heterocycles. The number of piperidine rings is 1. The third-order valence-corrected chi connectivity index (χ3v) is 6.29. The van der Waals surface area contributed by atoms with Crippen LogP contribution >= 0.6 is 0 Å². The van der Waals surface area contributed by atoms with E-state index in [0.717, 1.165) is 55.0 Å². The summed E-state index contributed by atoms with van der Waals surface area (Å²) >= 11 is 0. The van der Waals surface area contributed by atoms with E-state index in [2.05, 4.69) is 25.5 Å². The van der Waals surface area contributed by atoms with Crippen molar-refractivity contribution >= 4 is 5.82 Å². The molecule has 0 spiro atoms. The van der Waals surface area contributed by atoms with E-state index in [1.807, 2.05) is 30.3 Å². The minimum absolute atomic E-state index is 0.0682. The summed E-state index contributed by atoms with van der Waals surface area (Å²) in [5, 5.41) is 14.6. The first-order valence-corrected chi connectivity index (χ1v) is 10.7. The maximum Gasteiger partial charge on any atom is 0.392 e. The largest absolute Gasteiger partial charge is 0.392 e. The number of tetrazole rings is 1. The molecule has 1 aliphatic carbocycles. The number of aromatic amines is 1. The van der Waals surface area contributed by atoms with Crippen molar-refractivity contribution in [3.63, 3.8) is 0 Å². The number of aromatic nitrogens is 5. The maximum absolute atomic E-state index is 13.6. The molecule has 0 amide bonds. The third-order valence-electron chi connectivity index (χ3n) is 6.29. The van der Waals surface area contributed by atoms with Crippen LogP contribution < -0.4 is 4.90 Å². The van der Waals surface area contributed by atoms with Gasteiger partial charge in [-0.25, -0.2) is 4.98 Å². The molecule has 1 saturated heterocycles. The standard InChI is InChI=1S/C22H23F3N6/c23-22(24,25)15-9-10-17-16(13-15)18(14-7-3-1-4-8-14)19(20-27-29-30-28-20)21(26-17)31-11-5-2-6-12-31/h1,3-4,7-8,15H,2,5-6,9-13H2,(H,27,28,29,30). The molecular weight excluding hydrogens is 405 g/mol. The molecule has 1 N–H and O–H groups in total. The second-order valence-corrected chi connectivity index (χ2v) is 8.24. The number of benzene rings is 1. The average molecular weight is 428 g/mol. The molecule has 0 radical (unpaired) electrons. The van der Waals surface area contributed by atoms with E-state index in [1.165, 1.54) is 0 Å². The highest BCUT2D eigenvalue weighted by molar-refractivity contribution is 5.90. The number of rotatable bonds is 3. The molecule has 162 valence electrons. The van der Waals surface area contributed by atoms with Crippen LogP contribution in [0.25, 0.3) is 22.5 Å². The molecule has 9 heteroatoms. The van der Waals surface area contributed by atoms with Crippen LogP contribution in [0.3, 0.4) is 0 Å². The fraction of sp³-hybridized carbons (Fsp3) is 0.455. The Morgan fingerprint density at radius 3 is 2.45 bits per heavy atom. The lowest BCUT2D eigenvalue weighted by Gasteiger charge is -2.34. The summed E-state index contributed by atoms with van der Waals surface area (Å²) in [6.07, 6.45) is -0.656. The Morgan fingerprint density at radius 1 is 1.00 bits per heavy atom. The number of halogens is 3. The Hall–Kier alpha value is -2.97. The quantitative estimate of drug-likeness (QED) is 0.661. The fourth-order valence-corrected chi connectivity index (χ4v) is 4.76. The van der Waals surface area contributed by atoms with E-state index in [-0.39, 0.29) is 12.8 Å². The van der Waals surface area contributed by atoms with Crippen LogP contribution in [-0.2, 0) is 12.8 Å². The van der Waals surface area contributed by atoms with Gasteiger partial charge in [-0.3, -0.25) is 0 Å². The van der Waals surface area contributed by atoms with Gasteiger partial charge in [-0.05, 0) is 54.9 Å². The zero-order valence-electron chi connectivity index (χ0n) is 17.0. The lowest BCUT2D eigenvalue weighted by Crippen LogP contribution is -2.33. The molecule has 1 fully saturated rings. The molecule has 0 saturated carbocycles. The molecule has 5 rings (SSSR count). The molecule has 1 aliphatic heterocycles. The van der Waals surface area contributed by atoms with Crippen LogP contribution in [0.4, 0.5) is 19.0 Å². The number of nitrogens with one attached hydrogen (secondary N) is 1. The number of nitrogens with zero attached hydrogens (tertiary/aromatic N) is 5. The summed E-state index contributed by atoms with van der Waals surface area (Å²) in [6, 6.07) is 9.54. The highest BCUT2D eigenvalue weighted by Crippen LogP contribution is 2.46. The molecule has 31 heavy (non-hydrogen) atoms. The monoisotopic (exact) mass is 428 g/mol. The molecule has 6 nitrogen and oxygen atoms in total. The first kappa shape index (κ1) is 20.0. The Morgan fingerprint density at radius 2 is 1.77 bits per heavy atom. The maximum atomic E-state index is 13.6. The molecule has 1 aromatic carbocycles. The predicted molar refractivity (Wildman–Crippen MR) is 110 cm³/mol. The minimum Gasteiger partial charge on any atom is -0.356 e. The van der Waals surface area contributed by atoms with Crippen molar-refractivity contribution in [1.82, 2.24) is 25.6 Å². The van der Waals surface area contributed by atoms with Gasteiger partial charge < -0.3 is 4.90 Å². The summed E-state index contributed by atoms with van der Waals surface area (Å²) in [5.41, 5.74) is 3.68. The Labute approximate surface area is 177 Å². The molecule has 2 aliphatic rings. The zero-order valence-corrected chi connectivity index (χ0v) is 17.0. The van der Waals surface area contributed by atoms with Gasteiger partial charge in [-0.2, -0.15) is 18.4 Å². The molecule has 1 unspecified atom stereocenters. The summed E-state index contributed by atoms with van der Waals surface area (Å²) in [5.74, 6) is -0.253. The second kappa shape index (κ2) is 7.94. The number of anilines is 1. The molecule has 2 aromatic heterocycles. The molecular formula is C22H23F3N6. The fourth-order valence-electron chi connectivity index (χ4n) is 4.76. The van der Waals surface area contributed by atoms with E-state index in [1.54, 1.807) is 0 Å². The average Bonchev–Trinajstić information content (AvgIpc) is 3.32. The number of hydrogen-bond acceptors (Lipinski definition) is 5. The van der Waals surface area contributed by atoms with E-state index >= 15 is 0 Å². The normalized spacial score (nSPS) is 19.3. The van der Waals surface area contributed by atoms with E-state index in [4.69, 9.17) is 4.98 Å². The summed E-state index contributed by atoms with van der Waals surface area (Å²) in [7, 11) is 0. The van der Waals surface area contributed by atoms with Crippen molar-refractivity contribution in [1.29, 1.82) is 0 Å². The number of fused-ring (bicyclic) bond motifs is 1. The van der Waals surface area contributed by atoms with Crippen molar-refractivity contribution in [2.45, 2.75) is 44.7 Å². The van der Waals surface area contributed by atoms with Crippen LogP contribution in [0.5, 0.6) is 0 Å². The van der Waals surface area contributed by atoms with Crippen LogP contribution in [0.1, 0.15) is 36.9 Å². The minimum atomic E-state index is -4.23. The molecule has 3 aromatic rings. The highest BCUT2D eigenvalue weighted by Gasteiger charge is 2.43. The van der Waals surface area contributed by atoms with Gasteiger partial charge in [0.15, 0.2) is 0 Å². The lowest BCUT2D eigenvalue weighted by atomic mass is 9.80. The summed E-state index contributed by atoms with van der Waals surface area (Å²) in [4.78, 5) is 7.15. The van der Waals surface area contributed by atoms with E-state index in [0.29, 0.717) is 23.4 Å². The van der Waals surface area contributed by atoms with E-state index < -0.39 is 12.1 Å². The number of pyridine rings is 1. The van der Waals surface area contributed by atoms with Gasteiger partial charge in [0.1, 0.15) is 5.82 Å². The van der Waals surface area contributed by atoms with Crippen molar-refractivity contribution in [3.8, 4) is 22.5 Å². The van der Waals surface area contributed by atoms with Gasteiger partial charge in [-0.15, -0.1) is 10.2 Å². The number of aryl methyl sites for hydroxylation is 1. The van der Waals surface area contributed by atoms with Gasteiger partial charge >= 0.3 is 6.18 Å². The molecule has 0 bridgehead atoms.